The lowest BCUT2D eigenvalue weighted by Crippen LogP contribution is -2.15. The topological polar surface area (TPSA) is 93.8 Å². The molecule has 0 spiro atoms. The van der Waals surface area contributed by atoms with Gasteiger partial charge < -0.3 is 14.3 Å². The lowest BCUT2D eigenvalue weighted by atomic mass is 10.1. The minimum Gasteiger partial charge on any atom is -0.490 e. The molecule has 1 heterocycles. The fourth-order valence-corrected chi connectivity index (χ4v) is 3.75. The Morgan fingerprint density at radius 2 is 1.88 bits per heavy atom. The smallest absolute Gasteiger partial charge is 0.319 e. The zero-order valence-corrected chi connectivity index (χ0v) is 15.0. The molecule has 0 aliphatic heterocycles. The third kappa shape index (κ3) is 3.88. The first-order chi connectivity index (χ1) is 12.4. The number of furan rings is 1. The van der Waals surface area contributed by atoms with E-state index in [1.54, 1.807) is 12.1 Å². The van der Waals surface area contributed by atoms with Crippen LogP contribution in [-0.4, -0.2) is 31.9 Å². The molecule has 0 bridgehead atoms. The molecule has 0 unspecified atom stereocenters. The van der Waals surface area contributed by atoms with Gasteiger partial charge in [0, 0.05) is 11.8 Å². The standard InChI is InChI=1S/C19H18O6S/c1-2-24-17-5-3-4-14-11-15(25-19(14)17)10-13-6-8-16(9-7-13)26(22,23)12-18(20)21/h3-9,11H,2,10,12H2,1H3,(H,20,21). The Kier molecular flexibility index (Phi) is 4.99. The SMILES string of the molecule is CCOc1cccc2cc(Cc3ccc(S(=O)(=O)CC(=O)O)cc3)oc12. The second kappa shape index (κ2) is 7.21. The Bertz CT molecular complexity index is 1030. The fraction of sp³-hybridized carbons (Fsp3) is 0.211. The van der Waals surface area contributed by atoms with Gasteiger partial charge in [0.2, 0.25) is 0 Å². The maximum atomic E-state index is 11.9. The van der Waals surface area contributed by atoms with Gasteiger partial charge in [0.15, 0.2) is 26.9 Å². The Hall–Kier alpha value is -2.80. The maximum Gasteiger partial charge on any atom is 0.319 e. The first-order valence-corrected chi connectivity index (χ1v) is 9.72. The summed E-state index contributed by atoms with van der Waals surface area (Å²) < 4.78 is 35.3. The molecule has 0 aliphatic rings. The summed E-state index contributed by atoms with van der Waals surface area (Å²) in [6.07, 6.45) is 0.486. The van der Waals surface area contributed by atoms with Crippen molar-refractivity contribution in [2.75, 3.05) is 12.4 Å². The predicted octanol–water partition coefficient (Wildman–Crippen LogP) is 3.28. The molecule has 0 saturated heterocycles. The van der Waals surface area contributed by atoms with Crippen molar-refractivity contribution in [3.63, 3.8) is 0 Å². The maximum absolute atomic E-state index is 11.9. The molecule has 1 N–H and O–H groups in total. The van der Waals surface area contributed by atoms with E-state index in [1.807, 2.05) is 31.2 Å². The van der Waals surface area contributed by atoms with Crippen molar-refractivity contribution in [1.82, 2.24) is 0 Å². The van der Waals surface area contributed by atoms with Crippen LogP contribution in [-0.2, 0) is 21.1 Å². The molecule has 0 fully saturated rings. The molecule has 3 rings (SSSR count). The Morgan fingerprint density at radius 3 is 2.54 bits per heavy atom. The summed E-state index contributed by atoms with van der Waals surface area (Å²) in [4.78, 5) is 10.6. The molecule has 0 aliphatic carbocycles. The zero-order chi connectivity index (χ0) is 18.7. The van der Waals surface area contributed by atoms with Gasteiger partial charge in [0.25, 0.3) is 0 Å². The first kappa shape index (κ1) is 18.0. The number of ether oxygens (including phenoxy) is 1. The van der Waals surface area contributed by atoms with Gasteiger partial charge in [0.05, 0.1) is 11.5 Å². The fourth-order valence-electron chi connectivity index (χ4n) is 2.71. The van der Waals surface area contributed by atoms with Crippen molar-refractivity contribution in [3.05, 3.63) is 59.9 Å². The third-order valence-corrected chi connectivity index (χ3v) is 5.45. The molecule has 0 atom stereocenters. The summed E-state index contributed by atoms with van der Waals surface area (Å²) >= 11 is 0. The van der Waals surface area contributed by atoms with Crippen molar-refractivity contribution in [3.8, 4) is 5.75 Å². The van der Waals surface area contributed by atoms with E-state index in [1.165, 1.54) is 12.1 Å². The number of para-hydroxylation sites is 1. The molecule has 0 saturated carbocycles. The number of hydrogen-bond donors (Lipinski definition) is 1. The second-order valence-corrected chi connectivity index (χ2v) is 7.78. The van der Waals surface area contributed by atoms with Gasteiger partial charge in [-0.15, -0.1) is 0 Å². The second-order valence-electron chi connectivity index (χ2n) is 5.79. The minimum atomic E-state index is -3.82. The number of carbonyl (C=O) groups is 1. The molecule has 7 heteroatoms. The van der Waals surface area contributed by atoms with E-state index in [-0.39, 0.29) is 4.90 Å². The van der Waals surface area contributed by atoms with E-state index in [4.69, 9.17) is 14.3 Å². The average molecular weight is 374 g/mol. The summed E-state index contributed by atoms with van der Waals surface area (Å²) in [6.45, 7) is 2.45. The largest absolute Gasteiger partial charge is 0.490 e. The Labute approximate surface area is 150 Å². The summed E-state index contributed by atoms with van der Waals surface area (Å²) in [5.74, 6) is -0.878. The number of carboxylic acid groups (broad SMARTS) is 1. The first-order valence-electron chi connectivity index (χ1n) is 8.07. The van der Waals surface area contributed by atoms with Gasteiger partial charge in [0.1, 0.15) is 5.76 Å². The number of fused-ring (bicyclic) bond motifs is 1. The number of benzene rings is 2. The molecule has 136 valence electrons. The third-order valence-electron chi connectivity index (χ3n) is 3.83. The van der Waals surface area contributed by atoms with Crippen LogP contribution in [0.4, 0.5) is 0 Å². The number of sulfone groups is 1. The Morgan fingerprint density at radius 1 is 1.15 bits per heavy atom. The Balaban J connectivity index is 1.82. The molecule has 26 heavy (non-hydrogen) atoms. The van der Waals surface area contributed by atoms with Crippen LogP contribution in [0.5, 0.6) is 5.75 Å². The van der Waals surface area contributed by atoms with E-state index in [2.05, 4.69) is 0 Å². The van der Waals surface area contributed by atoms with Gasteiger partial charge in [-0.1, -0.05) is 24.3 Å². The normalized spacial score (nSPS) is 11.6. The molecule has 6 nitrogen and oxygen atoms in total. The average Bonchev–Trinajstić information content (AvgIpc) is 2.98. The van der Waals surface area contributed by atoms with Gasteiger partial charge in [-0.25, -0.2) is 8.42 Å². The van der Waals surface area contributed by atoms with Crippen molar-refractivity contribution in [2.45, 2.75) is 18.2 Å². The zero-order valence-electron chi connectivity index (χ0n) is 14.1. The van der Waals surface area contributed by atoms with E-state index in [0.717, 1.165) is 16.7 Å². The highest BCUT2D eigenvalue weighted by Crippen LogP contribution is 2.29. The minimum absolute atomic E-state index is 0.00751. The van der Waals surface area contributed by atoms with Crippen molar-refractivity contribution < 1.29 is 27.5 Å². The van der Waals surface area contributed by atoms with Crippen LogP contribution in [0.25, 0.3) is 11.0 Å². The molecule has 0 radical (unpaired) electrons. The van der Waals surface area contributed by atoms with Gasteiger partial charge in [-0.05, 0) is 36.8 Å². The molecule has 1 aromatic heterocycles. The highest BCUT2D eigenvalue weighted by atomic mass is 32.2. The number of carboxylic acids is 1. The van der Waals surface area contributed by atoms with Crippen LogP contribution < -0.4 is 4.74 Å². The van der Waals surface area contributed by atoms with Crippen molar-refractivity contribution in [1.29, 1.82) is 0 Å². The summed E-state index contributed by atoms with van der Waals surface area (Å²) in [7, 11) is -3.82. The lowest BCUT2D eigenvalue weighted by Gasteiger charge is -2.04. The summed E-state index contributed by atoms with van der Waals surface area (Å²) in [5.41, 5.74) is 1.54. The molecule has 2 aromatic carbocycles. The van der Waals surface area contributed by atoms with Crippen molar-refractivity contribution >= 4 is 26.8 Å². The monoisotopic (exact) mass is 374 g/mol. The summed E-state index contributed by atoms with van der Waals surface area (Å²) in [5, 5.41) is 9.62. The predicted molar refractivity (Wildman–Crippen MR) is 96.3 cm³/mol. The van der Waals surface area contributed by atoms with Gasteiger partial charge in [-0.3, -0.25) is 4.79 Å². The lowest BCUT2D eigenvalue weighted by molar-refractivity contribution is -0.134. The van der Waals surface area contributed by atoms with Crippen LogP contribution in [0.1, 0.15) is 18.2 Å². The van der Waals surface area contributed by atoms with E-state index in [0.29, 0.717) is 24.4 Å². The van der Waals surface area contributed by atoms with Gasteiger partial charge in [-0.2, -0.15) is 0 Å². The highest BCUT2D eigenvalue weighted by molar-refractivity contribution is 7.92. The van der Waals surface area contributed by atoms with E-state index < -0.39 is 21.6 Å². The van der Waals surface area contributed by atoms with Crippen molar-refractivity contribution in [2.24, 2.45) is 0 Å². The van der Waals surface area contributed by atoms with Crippen LogP contribution in [0, 0.1) is 0 Å². The van der Waals surface area contributed by atoms with Crippen LogP contribution in [0.2, 0.25) is 0 Å². The molecular formula is C19H18O6S. The molecule has 0 amide bonds. The van der Waals surface area contributed by atoms with E-state index >= 15 is 0 Å². The quantitative estimate of drug-likeness (QED) is 0.682. The van der Waals surface area contributed by atoms with Crippen LogP contribution >= 0.6 is 0 Å². The number of hydrogen-bond acceptors (Lipinski definition) is 5. The number of rotatable bonds is 7. The van der Waals surface area contributed by atoms with Crippen LogP contribution in [0.3, 0.4) is 0 Å². The molecular weight excluding hydrogens is 356 g/mol. The summed E-state index contributed by atoms with van der Waals surface area (Å²) in [6, 6.07) is 13.8. The molecule has 3 aromatic rings. The number of aliphatic carboxylic acids is 1. The van der Waals surface area contributed by atoms with Crippen LogP contribution in [0.15, 0.2) is 57.8 Å². The van der Waals surface area contributed by atoms with Gasteiger partial charge >= 0.3 is 5.97 Å². The highest BCUT2D eigenvalue weighted by Gasteiger charge is 2.18. The van der Waals surface area contributed by atoms with E-state index in [9.17, 15) is 13.2 Å².